The third-order valence-corrected chi connectivity index (χ3v) is 6.67. The number of nitrogens with one attached hydrogen (secondary N) is 1. The summed E-state index contributed by atoms with van der Waals surface area (Å²) in [5, 5.41) is 52.3. The van der Waals surface area contributed by atoms with E-state index in [0.717, 1.165) is 5.56 Å². The van der Waals surface area contributed by atoms with Gasteiger partial charge in [-0.25, -0.2) is 0 Å². The predicted octanol–water partition coefficient (Wildman–Crippen LogP) is 2.87. The number of aliphatic carboxylic acids is 1. The quantitative estimate of drug-likeness (QED) is 0.181. The van der Waals surface area contributed by atoms with Crippen molar-refractivity contribution in [3.8, 4) is 28.7 Å². The second-order valence-electron chi connectivity index (χ2n) is 9.55. The van der Waals surface area contributed by atoms with Crippen molar-refractivity contribution >= 4 is 5.97 Å². The molecule has 0 aliphatic carbocycles. The molecular weight excluding hydrogens is 510 g/mol. The van der Waals surface area contributed by atoms with Crippen LogP contribution in [0.1, 0.15) is 56.3 Å². The number of hydrogen-bond donors (Lipinski definition) is 6. The Balaban J connectivity index is 1.71. The summed E-state index contributed by atoms with van der Waals surface area (Å²) in [6.45, 7) is 2.15. The van der Waals surface area contributed by atoms with Gasteiger partial charge >= 0.3 is 5.97 Å². The largest absolute Gasteiger partial charge is 0.504 e. The molecule has 2 aromatic carbocycles. The van der Waals surface area contributed by atoms with E-state index in [4.69, 9.17) is 29.2 Å². The van der Waals surface area contributed by atoms with Crippen LogP contribution in [0, 0.1) is 0 Å². The van der Waals surface area contributed by atoms with E-state index in [1.165, 1.54) is 13.2 Å². The lowest BCUT2D eigenvalue weighted by atomic mass is 9.93. The van der Waals surface area contributed by atoms with Gasteiger partial charge < -0.3 is 49.8 Å². The molecule has 216 valence electrons. The third kappa shape index (κ3) is 8.89. The summed E-state index contributed by atoms with van der Waals surface area (Å²) in [5.41, 5.74) is 1.56. The van der Waals surface area contributed by atoms with Gasteiger partial charge in [-0.1, -0.05) is 13.0 Å². The summed E-state index contributed by atoms with van der Waals surface area (Å²) in [6, 6.07) is 8.03. The molecule has 0 radical (unpaired) electrons. The minimum Gasteiger partial charge on any atom is -0.504 e. The zero-order valence-electron chi connectivity index (χ0n) is 22.3. The number of aromatic hydroxyl groups is 2. The molecule has 2 aromatic rings. The summed E-state index contributed by atoms with van der Waals surface area (Å²) in [6.07, 6.45) is 1.05. The number of rotatable bonds is 15. The molecule has 1 aliphatic rings. The van der Waals surface area contributed by atoms with Crippen LogP contribution < -0.4 is 19.5 Å². The Labute approximate surface area is 227 Å². The van der Waals surface area contributed by atoms with E-state index < -0.39 is 25.0 Å². The number of aliphatic hydroxyl groups excluding tert-OH is 2. The summed E-state index contributed by atoms with van der Waals surface area (Å²) < 4.78 is 22.6. The van der Waals surface area contributed by atoms with Gasteiger partial charge in [-0.2, -0.15) is 0 Å². The molecule has 0 bridgehead atoms. The maximum Gasteiger partial charge on any atom is 0.303 e. The first-order chi connectivity index (χ1) is 18.7. The summed E-state index contributed by atoms with van der Waals surface area (Å²) >= 11 is 0. The van der Waals surface area contributed by atoms with E-state index in [1.54, 1.807) is 24.3 Å². The number of carbonyl (C=O) groups is 1. The Morgan fingerprint density at radius 2 is 1.90 bits per heavy atom. The number of methoxy groups -OCH3 is 1. The molecule has 39 heavy (non-hydrogen) atoms. The summed E-state index contributed by atoms with van der Waals surface area (Å²) in [4.78, 5) is 11.0. The van der Waals surface area contributed by atoms with E-state index in [-0.39, 0.29) is 53.9 Å². The average molecular weight is 550 g/mol. The van der Waals surface area contributed by atoms with E-state index >= 15 is 0 Å². The molecule has 11 nitrogen and oxygen atoms in total. The predicted molar refractivity (Wildman–Crippen MR) is 141 cm³/mol. The summed E-state index contributed by atoms with van der Waals surface area (Å²) in [7, 11) is 1.43. The van der Waals surface area contributed by atoms with Crippen LogP contribution in [-0.4, -0.2) is 76.8 Å². The number of carboxylic acid groups (broad SMARTS) is 1. The molecule has 0 spiro atoms. The maximum absolute atomic E-state index is 11.0. The Bertz CT molecular complexity index is 1080. The lowest BCUT2D eigenvalue weighted by Gasteiger charge is -2.34. The molecule has 6 N–H and O–H groups in total. The van der Waals surface area contributed by atoms with E-state index in [1.807, 2.05) is 6.92 Å². The van der Waals surface area contributed by atoms with Crippen molar-refractivity contribution in [2.75, 3.05) is 27.1 Å². The smallest absolute Gasteiger partial charge is 0.303 e. The number of benzene rings is 2. The minimum atomic E-state index is -0.892. The number of aliphatic hydroxyl groups is 2. The molecule has 1 fully saturated rings. The van der Waals surface area contributed by atoms with Crippen LogP contribution in [0.5, 0.6) is 28.7 Å². The lowest BCUT2D eigenvalue weighted by molar-refractivity contribution is -0.137. The lowest BCUT2D eigenvalue weighted by Crippen LogP contribution is -2.35. The summed E-state index contributed by atoms with van der Waals surface area (Å²) in [5.74, 6) is -0.542. The van der Waals surface area contributed by atoms with Gasteiger partial charge in [-0.15, -0.1) is 0 Å². The van der Waals surface area contributed by atoms with Gasteiger partial charge in [0.05, 0.1) is 25.4 Å². The van der Waals surface area contributed by atoms with Gasteiger partial charge in [-0.3, -0.25) is 4.79 Å². The molecule has 0 amide bonds. The Kier molecular flexibility index (Phi) is 11.5. The molecule has 3 rings (SSSR count). The van der Waals surface area contributed by atoms with Crippen molar-refractivity contribution in [2.45, 2.75) is 69.8 Å². The van der Waals surface area contributed by atoms with Gasteiger partial charge in [-0.05, 0) is 67.6 Å². The van der Waals surface area contributed by atoms with Gasteiger partial charge in [0.2, 0.25) is 5.75 Å². The van der Waals surface area contributed by atoms with Crippen molar-refractivity contribution in [3.05, 3.63) is 41.5 Å². The van der Waals surface area contributed by atoms with Crippen LogP contribution in [0.2, 0.25) is 0 Å². The van der Waals surface area contributed by atoms with Crippen LogP contribution in [0.15, 0.2) is 30.3 Å². The molecule has 11 heteroatoms. The highest BCUT2D eigenvalue weighted by atomic mass is 16.6. The van der Waals surface area contributed by atoms with Crippen molar-refractivity contribution < 1.29 is 49.3 Å². The Hall–Kier alpha value is -3.25. The fourth-order valence-electron chi connectivity index (χ4n) is 4.69. The Morgan fingerprint density at radius 3 is 2.59 bits per heavy atom. The number of hydrogen-bond acceptors (Lipinski definition) is 10. The highest BCUT2D eigenvalue weighted by molar-refractivity contribution is 5.66. The van der Waals surface area contributed by atoms with Crippen molar-refractivity contribution in [1.82, 2.24) is 5.32 Å². The Morgan fingerprint density at radius 1 is 1.13 bits per heavy atom. The number of likely N-dealkylation sites (N-methyl/N-ethyl adjacent to an activating group) is 1. The molecular formula is C28H39NO10. The molecule has 1 saturated heterocycles. The van der Waals surface area contributed by atoms with E-state index in [0.29, 0.717) is 44.2 Å². The minimum absolute atomic E-state index is 0.00846. The van der Waals surface area contributed by atoms with Gasteiger partial charge in [0, 0.05) is 18.9 Å². The third-order valence-electron chi connectivity index (χ3n) is 6.67. The maximum atomic E-state index is 11.0. The number of aryl methyl sites for hydroxylation is 1. The molecule has 1 aliphatic heterocycles. The van der Waals surface area contributed by atoms with E-state index in [2.05, 4.69) is 5.32 Å². The first-order valence-electron chi connectivity index (χ1n) is 13.1. The fraction of sp³-hybridized carbons (Fsp3) is 0.536. The zero-order chi connectivity index (χ0) is 28.4. The van der Waals surface area contributed by atoms with Crippen LogP contribution in [0.25, 0.3) is 0 Å². The number of ether oxygens (including phenoxy) is 4. The van der Waals surface area contributed by atoms with Crippen LogP contribution in [0.3, 0.4) is 0 Å². The van der Waals surface area contributed by atoms with Crippen LogP contribution in [-0.2, 0) is 16.0 Å². The number of phenolic OH excluding ortho intramolecular Hbond substituents is 2. The molecule has 1 heterocycles. The standard InChI is InChI=1S/C28H39NO10/c1-3-29-19(6-9-27(33)34)15-37-26-12-18(11-25(36-2)28(26)35)23-14-20(31)13-21(39-23)7-4-17-5-8-22(32)24(10-17)38-16-30/h5,8,10-12,19-21,23,29-32,35H,3-4,6-7,9,13-16H2,1-2H3,(H,33,34). The second-order valence-corrected chi connectivity index (χ2v) is 9.55. The average Bonchev–Trinajstić information content (AvgIpc) is 2.91. The van der Waals surface area contributed by atoms with Crippen molar-refractivity contribution in [1.29, 1.82) is 0 Å². The zero-order valence-corrected chi connectivity index (χ0v) is 22.3. The number of carboxylic acids is 1. The van der Waals surface area contributed by atoms with Gasteiger partial charge in [0.1, 0.15) is 6.61 Å². The van der Waals surface area contributed by atoms with Gasteiger partial charge in [0.15, 0.2) is 29.8 Å². The van der Waals surface area contributed by atoms with E-state index in [9.17, 15) is 20.1 Å². The van der Waals surface area contributed by atoms with Crippen LogP contribution in [0.4, 0.5) is 0 Å². The fourth-order valence-corrected chi connectivity index (χ4v) is 4.69. The normalized spacial score (nSPS) is 19.8. The van der Waals surface area contributed by atoms with Crippen molar-refractivity contribution in [3.63, 3.8) is 0 Å². The molecule has 0 saturated carbocycles. The highest BCUT2D eigenvalue weighted by Gasteiger charge is 2.31. The van der Waals surface area contributed by atoms with Crippen LogP contribution >= 0.6 is 0 Å². The van der Waals surface area contributed by atoms with Crippen molar-refractivity contribution in [2.24, 2.45) is 0 Å². The first kappa shape index (κ1) is 30.3. The molecule has 4 atom stereocenters. The highest BCUT2D eigenvalue weighted by Crippen LogP contribution is 2.42. The SMILES string of the molecule is CCNC(CCC(=O)O)COc1cc(C2CC(O)CC(CCc3ccc(O)c(OCO)c3)O2)cc(OC)c1O. The molecule has 4 unspecified atom stereocenters. The van der Waals surface area contributed by atoms with Gasteiger partial charge in [0.25, 0.3) is 0 Å². The molecule has 0 aromatic heterocycles. The topological polar surface area (TPSA) is 167 Å². The first-order valence-corrected chi connectivity index (χ1v) is 13.1. The number of phenols is 2. The monoisotopic (exact) mass is 549 g/mol. The second kappa shape index (κ2) is 14.8.